The van der Waals surface area contributed by atoms with E-state index in [4.69, 9.17) is 4.74 Å². The maximum atomic E-state index is 12.1. The molecule has 28 heavy (non-hydrogen) atoms. The van der Waals surface area contributed by atoms with Crippen LogP contribution < -0.4 is 20.7 Å². The van der Waals surface area contributed by atoms with Gasteiger partial charge < -0.3 is 20.7 Å². The summed E-state index contributed by atoms with van der Waals surface area (Å²) < 4.78 is 5.92. The second kappa shape index (κ2) is 11.2. The third kappa shape index (κ3) is 6.06. The van der Waals surface area contributed by atoms with E-state index in [1.54, 1.807) is 5.51 Å². The van der Waals surface area contributed by atoms with Crippen LogP contribution in [0, 0.1) is 6.92 Å². The molecule has 1 aromatic carbocycles. The number of rotatable bonds is 7. The number of aliphatic imine (C=N–C) groups is 1. The number of guanidine groups is 1. The van der Waals surface area contributed by atoms with Gasteiger partial charge in [0.15, 0.2) is 5.96 Å². The number of hydrogen-bond acceptors (Lipinski definition) is 5. The van der Waals surface area contributed by atoms with Crippen molar-refractivity contribution in [3.05, 3.63) is 45.9 Å². The molecular weight excluding hydrogens is 489 g/mol. The Bertz CT molecular complexity index is 786. The second-order valence-corrected chi connectivity index (χ2v) is 7.08. The average Bonchev–Trinajstić information content (AvgIpc) is 3.28. The maximum absolute atomic E-state index is 12.1. The maximum Gasteiger partial charge on any atom is 0.263 e. The number of carbonyl (C=O) groups excluding carboxylic acids is 1. The van der Waals surface area contributed by atoms with E-state index in [1.165, 1.54) is 16.9 Å². The fourth-order valence-electron chi connectivity index (χ4n) is 2.85. The molecule has 0 radical (unpaired) electrons. The minimum absolute atomic E-state index is 0. The van der Waals surface area contributed by atoms with Crippen molar-refractivity contribution in [1.29, 1.82) is 0 Å². The minimum Gasteiger partial charge on any atom is -0.488 e. The van der Waals surface area contributed by atoms with E-state index in [0.29, 0.717) is 24.5 Å². The van der Waals surface area contributed by atoms with Gasteiger partial charge >= 0.3 is 0 Å². The molecule has 2 heterocycles. The number of aromatic nitrogens is 1. The highest BCUT2D eigenvalue weighted by molar-refractivity contribution is 14.0. The summed E-state index contributed by atoms with van der Waals surface area (Å²) in [4.78, 5) is 21.4. The van der Waals surface area contributed by atoms with Crippen LogP contribution in [0.15, 0.2) is 34.8 Å². The normalized spacial score (nSPS) is 15.2. The Morgan fingerprint density at radius 2 is 2.07 bits per heavy atom. The fraction of sp³-hybridized carbons (Fsp3) is 0.421. The van der Waals surface area contributed by atoms with Crippen LogP contribution in [0.2, 0.25) is 0 Å². The molecule has 0 spiro atoms. The first kappa shape index (κ1) is 22.4. The number of amides is 1. The number of aryl methyl sites for hydroxylation is 1. The molecule has 1 aromatic heterocycles. The Hall–Kier alpha value is -1.88. The van der Waals surface area contributed by atoms with E-state index in [9.17, 15) is 4.79 Å². The summed E-state index contributed by atoms with van der Waals surface area (Å²) in [6, 6.07) is 8.10. The minimum atomic E-state index is -0.0872. The Balaban J connectivity index is 0.00000280. The van der Waals surface area contributed by atoms with Crippen molar-refractivity contribution >= 4 is 47.2 Å². The first-order valence-corrected chi connectivity index (χ1v) is 10.0. The average molecular weight is 515 g/mol. The first-order valence-electron chi connectivity index (χ1n) is 9.12. The fourth-order valence-corrected chi connectivity index (χ4v) is 3.57. The number of hydrogen-bond donors (Lipinski definition) is 3. The summed E-state index contributed by atoms with van der Waals surface area (Å²) in [6.45, 7) is 6.30. The van der Waals surface area contributed by atoms with Gasteiger partial charge in [0.25, 0.3) is 5.91 Å². The van der Waals surface area contributed by atoms with E-state index >= 15 is 0 Å². The van der Waals surface area contributed by atoms with E-state index in [2.05, 4.69) is 32.0 Å². The van der Waals surface area contributed by atoms with Crippen molar-refractivity contribution in [1.82, 2.24) is 20.9 Å². The van der Waals surface area contributed by atoms with Crippen LogP contribution in [0.5, 0.6) is 5.75 Å². The number of benzene rings is 1. The van der Waals surface area contributed by atoms with Crippen LogP contribution in [0.4, 0.5) is 0 Å². The summed E-state index contributed by atoms with van der Waals surface area (Å²) in [5, 5.41) is 9.35. The zero-order valence-corrected chi connectivity index (χ0v) is 19.2. The SMILES string of the molecule is CCNC(=NCC1Cc2ccccc2O1)NCCNC(=O)c1scnc1C.I. The monoisotopic (exact) mass is 515 g/mol. The number of nitrogens with zero attached hydrogens (tertiary/aromatic N) is 2. The molecule has 0 aliphatic carbocycles. The molecule has 2 aromatic rings. The Morgan fingerprint density at radius 3 is 2.79 bits per heavy atom. The van der Waals surface area contributed by atoms with E-state index in [-0.39, 0.29) is 36.0 Å². The van der Waals surface area contributed by atoms with Crippen molar-refractivity contribution < 1.29 is 9.53 Å². The summed E-state index contributed by atoms with van der Waals surface area (Å²) in [7, 11) is 0. The van der Waals surface area contributed by atoms with Gasteiger partial charge in [0.1, 0.15) is 16.7 Å². The molecule has 3 N–H and O–H groups in total. The van der Waals surface area contributed by atoms with Crippen molar-refractivity contribution in [2.45, 2.75) is 26.4 Å². The van der Waals surface area contributed by atoms with Crippen molar-refractivity contribution in [3.63, 3.8) is 0 Å². The lowest BCUT2D eigenvalue weighted by molar-refractivity contribution is 0.0957. The Kier molecular flexibility index (Phi) is 8.97. The topological polar surface area (TPSA) is 87.6 Å². The quantitative estimate of drug-likeness (QED) is 0.228. The van der Waals surface area contributed by atoms with Crippen molar-refractivity contribution in [2.24, 2.45) is 4.99 Å². The number of carbonyl (C=O) groups is 1. The predicted octanol–water partition coefficient (Wildman–Crippen LogP) is 2.36. The van der Waals surface area contributed by atoms with Gasteiger partial charge in [-0.1, -0.05) is 18.2 Å². The smallest absolute Gasteiger partial charge is 0.263 e. The van der Waals surface area contributed by atoms with Crippen LogP contribution in [0.1, 0.15) is 27.9 Å². The lowest BCUT2D eigenvalue weighted by Crippen LogP contribution is -2.42. The summed E-state index contributed by atoms with van der Waals surface area (Å²) in [6.07, 6.45) is 0.940. The molecule has 1 atom stereocenters. The summed E-state index contributed by atoms with van der Waals surface area (Å²) >= 11 is 1.35. The zero-order chi connectivity index (χ0) is 19.1. The van der Waals surface area contributed by atoms with Crippen molar-refractivity contribution in [2.75, 3.05) is 26.2 Å². The Morgan fingerprint density at radius 1 is 1.29 bits per heavy atom. The first-order chi connectivity index (χ1) is 13.2. The molecule has 152 valence electrons. The lowest BCUT2D eigenvalue weighted by atomic mass is 10.1. The molecule has 3 rings (SSSR count). The number of para-hydroxylation sites is 1. The molecule has 1 aliphatic heterocycles. The van der Waals surface area contributed by atoms with Gasteiger partial charge in [-0.25, -0.2) is 9.98 Å². The van der Waals surface area contributed by atoms with Gasteiger partial charge in [0.05, 0.1) is 17.7 Å². The van der Waals surface area contributed by atoms with Gasteiger partial charge in [0.2, 0.25) is 0 Å². The Labute approximate surface area is 186 Å². The van der Waals surface area contributed by atoms with Crippen LogP contribution in [-0.2, 0) is 6.42 Å². The van der Waals surface area contributed by atoms with Gasteiger partial charge in [-0.05, 0) is 25.5 Å². The van der Waals surface area contributed by atoms with E-state index in [1.807, 2.05) is 32.0 Å². The molecule has 1 unspecified atom stereocenters. The third-order valence-corrected chi connectivity index (χ3v) is 5.09. The lowest BCUT2D eigenvalue weighted by Gasteiger charge is -2.13. The zero-order valence-electron chi connectivity index (χ0n) is 16.0. The predicted molar refractivity (Wildman–Crippen MR) is 123 cm³/mol. The number of thiazole rings is 1. The number of ether oxygens (including phenoxy) is 1. The number of fused-ring (bicyclic) bond motifs is 1. The standard InChI is InChI=1S/C19H25N5O2S.HI/c1-3-20-19(22-9-8-21-18(25)17-13(2)24-12-27-17)23-11-15-10-14-6-4-5-7-16(14)26-15;/h4-7,12,15H,3,8-11H2,1-2H3,(H,21,25)(H2,20,22,23);1H. The largest absolute Gasteiger partial charge is 0.488 e. The highest BCUT2D eigenvalue weighted by atomic mass is 127. The number of halogens is 1. The van der Waals surface area contributed by atoms with Crippen LogP contribution in [0.3, 0.4) is 0 Å². The molecule has 0 bridgehead atoms. The van der Waals surface area contributed by atoms with Crippen LogP contribution in [0.25, 0.3) is 0 Å². The van der Waals surface area contributed by atoms with E-state index < -0.39 is 0 Å². The molecule has 0 saturated heterocycles. The molecular formula is C19H26IN5O2S. The molecule has 7 nitrogen and oxygen atoms in total. The van der Waals surface area contributed by atoms with Gasteiger partial charge in [-0.3, -0.25) is 4.79 Å². The van der Waals surface area contributed by atoms with Crippen molar-refractivity contribution in [3.8, 4) is 5.75 Å². The number of nitrogens with one attached hydrogen (secondary N) is 3. The molecule has 0 saturated carbocycles. The second-order valence-electron chi connectivity index (χ2n) is 6.22. The highest BCUT2D eigenvalue weighted by Crippen LogP contribution is 2.28. The molecule has 0 fully saturated rings. The molecule has 1 aliphatic rings. The highest BCUT2D eigenvalue weighted by Gasteiger charge is 2.21. The van der Waals surface area contributed by atoms with Crippen LogP contribution in [-0.4, -0.2) is 49.1 Å². The molecule has 1 amide bonds. The molecule has 9 heteroatoms. The van der Waals surface area contributed by atoms with Gasteiger partial charge in [-0.15, -0.1) is 35.3 Å². The van der Waals surface area contributed by atoms with E-state index in [0.717, 1.165) is 30.4 Å². The van der Waals surface area contributed by atoms with Gasteiger partial charge in [0, 0.05) is 26.1 Å². The summed E-state index contributed by atoms with van der Waals surface area (Å²) in [5.74, 6) is 1.59. The van der Waals surface area contributed by atoms with Gasteiger partial charge in [-0.2, -0.15) is 0 Å². The summed E-state index contributed by atoms with van der Waals surface area (Å²) in [5.41, 5.74) is 3.68. The third-order valence-electron chi connectivity index (χ3n) is 4.17. The van der Waals surface area contributed by atoms with Crippen LogP contribution >= 0.6 is 35.3 Å².